The summed E-state index contributed by atoms with van der Waals surface area (Å²) in [4.78, 5) is 12.4. The van der Waals surface area contributed by atoms with E-state index in [2.05, 4.69) is 55.5 Å². The van der Waals surface area contributed by atoms with E-state index in [1.54, 1.807) is 36.4 Å². The van der Waals surface area contributed by atoms with Gasteiger partial charge in [0.05, 0.1) is 17.2 Å². The summed E-state index contributed by atoms with van der Waals surface area (Å²) in [6.45, 7) is 2.25. The summed E-state index contributed by atoms with van der Waals surface area (Å²) in [5, 5.41) is 8.85. The van der Waals surface area contributed by atoms with Crippen LogP contribution in [0.2, 0.25) is 0 Å². The molecule has 0 aliphatic rings. The fourth-order valence-electron chi connectivity index (χ4n) is 3.65. The molecular weight excluding hydrogens is 394 g/mol. The predicted octanol–water partition coefficient (Wildman–Crippen LogP) is 6.79. The lowest BCUT2D eigenvalue weighted by atomic mass is 9.93. The summed E-state index contributed by atoms with van der Waals surface area (Å²) in [5.74, 6) is 0.452. The van der Waals surface area contributed by atoms with E-state index in [0.717, 1.165) is 17.5 Å². The summed E-state index contributed by atoms with van der Waals surface area (Å²) < 4.78 is 5.39. The Labute approximate surface area is 188 Å². The number of benzene rings is 4. The van der Waals surface area contributed by atoms with Crippen LogP contribution in [0.5, 0.6) is 5.75 Å². The number of hydrogen-bond acceptors (Lipinski definition) is 3. The molecule has 0 saturated carbocycles. The zero-order chi connectivity index (χ0) is 22.3. The van der Waals surface area contributed by atoms with Gasteiger partial charge in [0.15, 0.2) is 0 Å². The Bertz CT molecular complexity index is 1220. The normalized spacial score (nSPS) is 11.4. The van der Waals surface area contributed by atoms with E-state index in [4.69, 9.17) is 10.00 Å². The number of nitriles is 1. The first-order valence-electron chi connectivity index (χ1n) is 10.6. The van der Waals surface area contributed by atoms with Gasteiger partial charge in [0.1, 0.15) is 5.75 Å². The van der Waals surface area contributed by atoms with Gasteiger partial charge < -0.3 is 4.74 Å². The van der Waals surface area contributed by atoms with Crippen molar-refractivity contribution < 1.29 is 9.53 Å². The molecule has 0 aliphatic carbocycles. The molecule has 0 bridgehead atoms. The van der Waals surface area contributed by atoms with E-state index in [1.807, 2.05) is 24.3 Å². The van der Waals surface area contributed by atoms with Gasteiger partial charge in [-0.05, 0) is 71.0 Å². The van der Waals surface area contributed by atoms with Gasteiger partial charge in [-0.1, -0.05) is 73.7 Å². The first-order valence-corrected chi connectivity index (χ1v) is 10.6. The van der Waals surface area contributed by atoms with Gasteiger partial charge in [-0.3, -0.25) is 0 Å². The minimum Gasteiger partial charge on any atom is -0.423 e. The van der Waals surface area contributed by atoms with Gasteiger partial charge in [0.2, 0.25) is 0 Å². The molecule has 3 nitrogen and oxygen atoms in total. The van der Waals surface area contributed by atoms with Crippen LogP contribution in [-0.4, -0.2) is 5.97 Å². The van der Waals surface area contributed by atoms with Gasteiger partial charge in [-0.15, -0.1) is 0 Å². The lowest BCUT2D eigenvalue weighted by Crippen LogP contribution is -2.08. The van der Waals surface area contributed by atoms with Crippen molar-refractivity contribution in [2.75, 3.05) is 0 Å². The first kappa shape index (κ1) is 21.1. The quantitative estimate of drug-likeness (QED) is 0.256. The third-order valence-electron chi connectivity index (χ3n) is 5.51. The Kier molecular flexibility index (Phi) is 6.43. The molecule has 0 saturated heterocycles. The van der Waals surface area contributed by atoms with Gasteiger partial charge in [-0.2, -0.15) is 5.26 Å². The number of rotatable bonds is 6. The minimum atomic E-state index is -0.425. The molecule has 4 aromatic carbocycles. The summed E-state index contributed by atoms with van der Waals surface area (Å²) in [6, 6.07) is 35.0. The maximum absolute atomic E-state index is 12.4. The van der Waals surface area contributed by atoms with Gasteiger partial charge in [-0.25, -0.2) is 4.79 Å². The topological polar surface area (TPSA) is 50.1 Å². The monoisotopic (exact) mass is 417 g/mol. The van der Waals surface area contributed by atoms with Gasteiger partial charge in [0, 0.05) is 0 Å². The Hall–Kier alpha value is -4.16. The predicted molar refractivity (Wildman–Crippen MR) is 127 cm³/mol. The smallest absolute Gasteiger partial charge is 0.343 e. The molecule has 3 heteroatoms. The molecule has 0 fully saturated rings. The maximum atomic E-state index is 12.4. The molecule has 32 heavy (non-hydrogen) atoms. The van der Waals surface area contributed by atoms with Gasteiger partial charge in [0.25, 0.3) is 0 Å². The molecule has 0 amide bonds. The van der Waals surface area contributed by atoms with Crippen LogP contribution < -0.4 is 4.74 Å². The molecule has 0 aliphatic heterocycles. The Balaban J connectivity index is 1.40. The highest BCUT2D eigenvalue weighted by atomic mass is 16.5. The van der Waals surface area contributed by atoms with Crippen molar-refractivity contribution in [2.45, 2.75) is 19.3 Å². The van der Waals surface area contributed by atoms with E-state index < -0.39 is 5.97 Å². The minimum absolute atomic E-state index is 0.415. The van der Waals surface area contributed by atoms with Crippen molar-refractivity contribution in [1.82, 2.24) is 0 Å². The number of nitrogens with zero attached hydrogens (tertiary/aromatic N) is 1. The van der Waals surface area contributed by atoms with Crippen LogP contribution >= 0.6 is 0 Å². The molecule has 0 heterocycles. The number of esters is 1. The SMILES string of the molecule is CC(Cc1ccc(-c2ccc(C(=O)Oc3ccc(C#N)cc3)cc2)cc1)c1ccccc1. The van der Waals surface area contributed by atoms with Crippen LogP contribution in [0.15, 0.2) is 103 Å². The number of hydrogen-bond donors (Lipinski definition) is 0. The standard InChI is InChI=1S/C29H23NO2/c1-21(24-5-3-2-4-6-24)19-22-7-11-25(12-8-22)26-13-15-27(16-14-26)29(31)32-28-17-9-23(20-30)10-18-28/h2-18,21H,19H2,1H3. The number of carbonyl (C=O) groups excluding carboxylic acids is 1. The average Bonchev–Trinajstić information content (AvgIpc) is 2.85. The second kappa shape index (κ2) is 9.76. The van der Waals surface area contributed by atoms with E-state index in [-0.39, 0.29) is 0 Å². The summed E-state index contributed by atoms with van der Waals surface area (Å²) in [7, 11) is 0. The van der Waals surface area contributed by atoms with Crippen molar-refractivity contribution in [1.29, 1.82) is 5.26 Å². The van der Waals surface area contributed by atoms with E-state index >= 15 is 0 Å². The van der Waals surface area contributed by atoms with E-state index in [1.165, 1.54) is 11.1 Å². The third-order valence-corrected chi connectivity index (χ3v) is 5.51. The largest absolute Gasteiger partial charge is 0.423 e. The Morgan fingerprint density at radius 1 is 0.812 bits per heavy atom. The summed E-state index contributed by atoms with van der Waals surface area (Å²) >= 11 is 0. The average molecular weight is 418 g/mol. The fraction of sp³-hybridized carbons (Fsp3) is 0.103. The van der Waals surface area contributed by atoms with Crippen LogP contribution in [0.25, 0.3) is 11.1 Å². The second-order valence-electron chi connectivity index (χ2n) is 7.82. The molecule has 0 spiro atoms. The first-order chi connectivity index (χ1) is 15.6. The highest BCUT2D eigenvalue weighted by Gasteiger charge is 2.10. The van der Waals surface area contributed by atoms with Crippen LogP contribution in [0.3, 0.4) is 0 Å². The van der Waals surface area contributed by atoms with Crippen molar-refractivity contribution in [3.05, 3.63) is 125 Å². The van der Waals surface area contributed by atoms with Crippen molar-refractivity contribution in [3.8, 4) is 22.9 Å². The highest BCUT2D eigenvalue weighted by molar-refractivity contribution is 5.91. The molecule has 0 radical (unpaired) electrons. The van der Waals surface area contributed by atoms with Crippen molar-refractivity contribution in [2.24, 2.45) is 0 Å². The molecule has 0 aromatic heterocycles. The van der Waals surface area contributed by atoms with Crippen LogP contribution in [0.1, 0.15) is 39.9 Å². The highest BCUT2D eigenvalue weighted by Crippen LogP contribution is 2.24. The molecule has 1 unspecified atom stereocenters. The third kappa shape index (κ3) is 5.11. The second-order valence-corrected chi connectivity index (χ2v) is 7.82. The van der Waals surface area contributed by atoms with E-state index in [0.29, 0.717) is 22.8 Å². The molecule has 156 valence electrons. The van der Waals surface area contributed by atoms with Crippen molar-refractivity contribution in [3.63, 3.8) is 0 Å². The lowest BCUT2D eigenvalue weighted by molar-refractivity contribution is 0.0735. The van der Waals surface area contributed by atoms with Crippen LogP contribution in [0, 0.1) is 11.3 Å². The lowest BCUT2D eigenvalue weighted by Gasteiger charge is -2.12. The fourth-order valence-corrected chi connectivity index (χ4v) is 3.65. The molecule has 0 N–H and O–H groups in total. The molecule has 1 atom stereocenters. The maximum Gasteiger partial charge on any atom is 0.343 e. The number of ether oxygens (including phenoxy) is 1. The zero-order valence-electron chi connectivity index (χ0n) is 17.9. The van der Waals surface area contributed by atoms with Gasteiger partial charge >= 0.3 is 5.97 Å². The van der Waals surface area contributed by atoms with Crippen LogP contribution in [-0.2, 0) is 6.42 Å². The van der Waals surface area contributed by atoms with Crippen molar-refractivity contribution >= 4 is 5.97 Å². The van der Waals surface area contributed by atoms with E-state index in [9.17, 15) is 4.79 Å². The molecule has 4 rings (SSSR count). The zero-order valence-corrected chi connectivity index (χ0v) is 17.9. The summed E-state index contributed by atoms with van der Waals surface area (Å²) in [6.07, 6.45) is 0.990. The Morgan fingerprint density at radius 3 is 2.00 bits per heavy atom. The summed E-state index contributed by atoms with van der Waals surface area (Å²) in [5.41, 5.74) is 5.80. The number of carbonyl (C=O) groups is 1. The molecule has 4 aromatic rings. The van der Waals surface area contributed by atoms with Crippen LogP contribution in [0.4, 0.5) is 0 Å². The molecular formula is C29H23NO2. The Morgan fingerprint density at radius 2 is 1.41 bits per heavy atom.